The van der Waals surface area contributed by atoms with Crippen LogP contribution in [0.4, 0.5) is 0 Å². The van der Waals surface area contributed by atoms with Crippen molar-refractivity contribution in [3.63, 3.8) is 0 Å². The molecular weight excluding hydrogens is 224 g/mol. The molecule has 0 saturated carbocycles. The zero-order chi connectivity index (χ0) is 11.6. The maximum atomic E-state index is 10.1. The molecule has 0 spiro atoms. The second-order valence-corrected chi connectivity index (χ2v) is 5.78. The first-order valence-corrected chi connectivity index (χ1v) is 7.30. The molecule has 0 bridgehead atoms. The van der Waals surface area contributed by atoms with Crippen molar-refractivity contribution >= 4 is 23.5 Å². The standard InChI is InChI=1S/C12H18OS2/c1-8-6-11(15-5)9(12(2,3)13)7-10(8)14-4/h6-7,13H,1-5H3. The molecule has 0 aliphatic heterocycles. The molecule has 84 valence electrons. The Bertz CT molecular complexity index is 353. The summed E-state index contributed by atoms with van der Waals surface area (Å²) in [5.41, 5.74) is 1.53. The molecule has 0 fully saturated rings. The number of hydrogen-bond acceptors (Lipinski definition) is 3. The second-order valence-electron chi connectivity index (χ2n) is 4.08. The Morgan fingerprint density at radius 2 is 1.60 bits per heavy atom. The Morgan fingerprint density at radius 1 is 1.07 bits per heavy atom. The average molecular weight is 242 g/mol. The van der Waals surface area contributed by atoms with E-state index in [2.05, 4.69) is 25.3 Å². The lowest BCUT2D eigenvalue weighted by Crippen LogP contribution is -2.17. The Hall–Kier alpha value is -0.120. The molecule has 0 atom stereocenters. The first kappa shape index (κ1) is 12.9. The first-order chi connectivity index (χ1) is 6.90. The fourth-order valence-corrected chi connectivity index (χ4v) is 2.97. The van der Waals surface area contributed by atoms with Gasteiger partial charge in [0, 0.05) is 9.79 Å². The minimum atomic E-state index is -0.767. The van der Waals surface area contributed by atoms with Crippen LogP contribution in [0.2, 0.25) is 0 Å². The summed E-state index contributed by atoms with van der Waals surface area (Å²) in [6.07, 6.45) is 4.11. The van der Waals surface area contributed by atoms with E-state index in [-0.39, 0.29) is 0 Å². The van der Waals surface area contributed by atoms with Gasteiger partial charge >= 0.3 is 0 Å². The van der Waals surface area contributed by atoms with Crippen LogP contribution >= 0.6 is 23.5 Å². The van der Waals surface area contributed by atoms with Gasteiger partial charge in [-0.15, -0.1) is 23.5 Å². The van der Waals surface area contributed by atoms with E-state index in [1.807, 2.05) is 20.1 Å². The van der Waals surface area contributed by atoms with E-state index in [0.717, 1.165) is 10.5 Å². The van der Waals surface area contributed by atoms with E-state index in [1.54, 1.807) is 23.5 Å². The van der Waals surface area contributed by atoms with E-state index in [9.17, 15) is 5.11 Å². The van der Waals surface area contributed by atoms with Crippen LogP contribution < -0.4 is 0 Å². The van der Waals surface area contributed by atoms with Crippen molar-refractivity contribution in [2.75, 3.05) is 12.5 Å². The number of rotatable bonds is 3. The van der Waals surface area contributed by atoms with Gasteiger partial charge in [0.05, 0.1) is 5.60 Å². The molecule has 0 amide bonds. The molecule has 0 saturated heterocycles. The van der Waals surface area contributed by atoms with Gasteiger partial charge < -0.3 is 5.11 Å². The highest BCUT2D eigenvalue weighted by atomic mass is 32.2. The fraction of sp³-hybridized carbons (Fsp3) is 0.500. The first-order valence-electron chi connectivity index (χ1n) is 4.85. The molecule has 15 heavy (non-hydrogen) atoms. The van der Waals surface area contributed by atoms with Crippen LogP contribution in [0.25, 0.3) is 0 Å². The van der Waals surface area contributed by atoms with Crippen LogP contribution in [0, 0.1) is 6.92 Å². The minimum Gasteiger partial charge on any atom is -0.386 e. The summed E-state index contributed by atoms with van der Waals surface area (Å²) in [5, 5.41) is 10.1. The zero-order valence-electron chi connectivity index (χ0n) is 9.92. The van der Waals surface area contributed by atoms with Gasteiger partial charge in [0.1, 0.15) is 0 Å². The van der Waals surface area contributed by atoms with Crippen molar-refractivity contribution in [3.05, 3.63) is 23.3 Å². The van der Waals surface area contributed by atoms with E-state index >= 15 is 0 Å². The summed E-state index contributed by atoms with van der Waals surface area (Å²) >= 11 is 3.41. The van der Waals surface area contributed by atoms with Gasteiger partial charge in [-0.1, -0.05) is 0 Å². The van der Waals surface area contributed by atoms with Crippen LogP contribution in [0.5, 0.6) is 0 Å². The third kappa shape index (κ3) is 2.92. The SMILES string of the molecule is CSc1cc(C(C)(C)O)c(SC)cc1C. The minimum absolute atomic E-state index is 0.767. The Balaban J connectivity index is 3.36. The number of aliphatic hydroxyl groups is 1. The summed E-state index contributed by atoms with van der Waals surface area (Å²) in [6, 6.07) is 4.26. The molecule has 0 aromatic heterocycles. The van der Waals surface area contributed by atoms with E-state index in [4.69, 9.17) is 0 Å². The molecule has 0 aliphatic carbocycles. The number of hydrogen-bond donors (Lipinski definition) is 1. The summed E-state index contributed by atoms with van der Waals surface area (Å²) in [5.74, 6) is 0. The molecule has 3 heteroatoms. The lowest BCUT2D eigenvalue weighted by molar-refractivity contribution is 0.0755. The second kappa shape index (κ2) is 4.81. The third-order valence-electron chi connectivity index (χ3n) is 2.38. The van der Waals surface area contributed by atoms with Crippen molar-refractivity contribution in [3.8, 4) is 0 Å². The molecule has 0 unspecified atom stereocenters. The highest BCUT2D eigenvalue weighted by Crippen LogP contribution is 2.34. The Labute approximate surface area is 101 Å². The molecule has 1 aromatic carbocycles. The normalized spacial score (nSPS) is 11.9. The third-order valence-corrected chi connectivity index (χ3v) is 4.03. The topological polar surface area (TPSA) is 20.2 Å². The van der Waals surface area contributed by atoms with E-state index in [1.165, 1.54) is 10.5 Å². The average Bonchev–Trinajstić information content (AvgIpc) is 2.15. The molecule has 1 N–H and O–H groups in total. The van der Waals surface area contributed by atoms with Crippen molar-refractivity contribution in [2.24, 2.45) is 0 Å². The van der Waals surface area contributed by atoms with Gasteiger partial charge in [-0.25, -0.2) is 0 Å². The van der Waals surface area contributed by atoms with Crippen molar-refractivity contribution in [2.45, 2.75) is 36.2 Å². The van der Waals surface area contributed by atoms with Crippen LogP contribution in [-0.4, -0.2) is 17.6 Å². The smallest absolute Gasteiger partial charge is 0.0851 e. The van der Waals surface area contributed by atoms with Crippen LogP contribution in [0.3, 0.4) is 0 Å². The van der Waals surface area contributed by atoms with Gasteiger partial charge in [-0.2, -0.15) is 0 Å². The van der Waals surface area contributed by atoms with Crippen molar-refractivity contribution in [1.82, 2.24) is 0 Å². The van der Waals surface area contributed by atoms with Crippen LogP contribution in [0.1, 0.15) is 25.0 Å². The predicted molar refractivity (Wildman–Crippen MR) is 70.0 cm³/mol. The molecule has 0 heterocycles. The van der Waals surface area contributed by atoms with Crippen LogP contribution in [-0.2, 0) is 5.60 Å². The molecule has 1 rings (SSSR count). The van der Waals surface area contributed by atoms with E-state index in [0.29, 0.717) is 0 Å². The Kier molecular flexibility index (Phi) is 4.15. The maximum absolute atomic E-state index is 10.1. The molecular formula is C12H18OS2. The van der Waals surface area contributed by atoms with Gasteiger partial charge in [0.2, 0.25) is 0 Å². The summed E-state index contributed by atoms with van der Waals surface area (Å²) in [4.78, 5) is 2.41. The molecule has 1 aromatic rings. The summed E-state index contributed by atoms with van der Waals surface area (Å²) in [6.45, 7) is 5.78. The fourth-order valence-electron chi connectivity index (χ4n) is 1.53. The number of thioether (sulfide) groups is 2. The number of benzene rings is 1. The predicted octanol–water partition coefficient (Wildman–Crippen LogP) is 3.67. The summed E-state index contributed by atoms with van der Waals surface area (Å²) < 4.78 is 0. The molecule has 0 radical (unpaired) electrons. The highest BCUT2D eigenvalue weighted by Gasteiger charge is 2.21. The van der Waals surface area contributed by atoms with Gasteiger partial charge in [-0.3, -0.25) is 0 Å². The highest BCUT2D eigenvalue weighted by molar-refractivity contribution is 7.99. The molecule has 0 aliphatic rings. The van der Waals surface area contributed by atoms with Gasteiger partial charge in [-0.05, 0) is 56.5 Å². The monoisotopic (exact) mass is 242 g/mol. The Morgan fingerprint density at radius 3 is 2.00 bits per heavy atom. The lowest BCUT2D eigenvalue weighted by Gasteiger charge is -2.22. The number of aryl methyl sites for hydroxylation is 1. The van der Waals surface area contributed by atoms with Crippen LogP contribution in [0.15, 0.2) is 21.9 Å². The van der Waals surface area contributed by atoms with Gasteiger partial charge in [0.25, 0.3) is 0 Å². The summed E-state index contributed by atoms with van der Waals surface area (Å²) in [7, 11) is 0. The van der Waals surface area contributed by atoms with Crippen molar-refractivity contribution < 1.29 is 5.11 Å². The quantitative estimate of drug-likeness (QED) is 0.817. The maximum Gasteiger partial charge on any atom is 0.0851 e. The lowest BCUT2D eigenvalue weighted by atomic mass is 9.97. The van der Waals surface area contributed by atoms with Crippen molar-refractivity contribution in [1.29, 1.82) is 0 Å². The van der Waals surface area contributed by atoms with E-state index < -0.39 is 5.60 Å². The molecule has 1 nitrogen and oxygen atoms in total. The largest absolute Gasteiger partial charge is 0.386 e. The van der Waals surface area contributed by atoms with Gasteiger partial charge in [0.15, 0.2) is 0 Å². The zero-order valence-corrected chi connectivity index (χ0v) is 11.6.